The van der Waals surface area contributed by atoms with Crippen LogP contribution < -0.4 is 0 Å². The molecule has 0 N–H and O–H groups in total. The van der Waals surface area contributed by atoms with Gasteiger partial charge >= 0.3 is 0 Å². The summed E-state index contributed by atoms with van der Waals surface area (Å²) in [5.74, 6) is 2.39. The number of rotatable bonds is 6. The third-order valence-electron chi connectivity index (χ3n) is 6.13. The van der Waals surface area contributed by atoms with Gasteiger partial charge in [-0.15, -0.1) is 0 Å². The van der Waals surface area contributed by atoms with Gasteiger partial charge in [0.15, 0.2) is 0 Å². The molecule has 0 radical (unpaired) electrons. The van der Waals surface area contributed by atoms with Crippen molar-refractivity contribution >= 4 is 15.9 Å². The van der Waals surface area contributed by atoms with Gasteiger partial charge in [0.25, 0.3) is 0 Å². The number of alkyl halides is 1. The van der Waals surface area contributed by atoms with E-state index >= 15 is 0 Å². The normalized spacial score (nSPS) is 37.7. The first-order chi connectivity index (χ1) is 8.51. The summed E-state index contributed by atoms with van der Waals surface area (Å²) in [6, 6.07) is 0. The fourth-order valence-electron chi connectivity index (χ4n) is 4.35. The minimum atomic E-state index is 0.0957. The van der Waals surface area contributed by atoms with Gasteiger partial charge in [0.05, 0.1) is 12.2 Å². The van der Waals surface area contributed by atoms with Gasteiger partial charge in [-0.1, -0.05) is 56.5 Å². The topological polar surface area (TPSA) is 9.23 Å². The van der Waals surface area contributed by atoms with E-state index in [4.69, 9.17) is 4.74 Å². The fourth-order valence-corrected chi connectivity index (χ4v) is 5.69. The van der Waals surface area contributed by atoms with E-state index in [2.05, 4.69) is 43.6 Å². The standard InChI is InChI=1S/C16H29BrO/c1-5-12(6-2)10-18-16(11-17)14-8-7-13(9-14)15(16,3)4/h12-14H,5-11H2,1-4H3. The Balaban J connectivity index is 2.11. The van der Waals surface area contributed by atoms with E-state index in [-0.39, 0.29) is 5.60 Å². The zero-order valence-corrected chi connectivity index (χ0v) is 14.1. The Morgan fingerprint density at radius 2 is 1.78 bits per heavy atom. The number of hydrogen-bond donors (Lipinski definition) is 0. The summed E-state index contributed by atoms with van der Waals surface area (Å²) in [5, 5.41) is 1.01. The Bertz CT molecular complexity index is 285. The molecule has 3 unspecified atom stereocenters. The first-order valence-electron chi connectivity index (χ1n) is 7.71. The second-order valence-corrected chi connectivity index (χ2v) is 7.51. The Kier molecular flexibility index (Phi) is 4.48. The van der Waals surface area contributed by atoms with Crippen molar-refractivity contribution in [1.29, 1.82) is 0 Å². The highest BCUT2D eigenvalue weighted by atomic mass is 79.9. The van der Waals surface area contributed by atoms with Crippen molar-refractivity contribution < 1.29 is 4.74 Å². The summed E-state index contributed by atoms with van der Waals surface area (Å²) in [5.41, 5.74) is 0.434. The monoisotopic (exact) mass is 316 g/mol. The number of ether oxygens (including phenoxy) is 1. The van der Waals surface area contributed by atoms with E-state index in [1.165, 1.54) is 32.1 Å². The van der Waals surface area contributed by atoms with Crippen LogP contribution >= 0.6 is 15.9 Å². The molecule has 2 aliphatic rings. The third-order valence-corrected chi connectivity index (χ3v) is 6.97. The number of hydrogen-bond acceptors (Lipinski definition) is 1. The Labute approximate surface area is 121 Å². The molecule has 2 fully saturated rings. The first-order valence-corrected chi connectivity index (χ1v) is 8.83. The average Bonchev–Trinajstić information content (AvgIpc) is 2.91. The highest BCUT2D eigenvalue weighted by molar-refractivity contribution is 9.09. The molecule has 0 amide bonds. The largest absolute Gasteiger partial charge is 0.373 e. The van der Waals surface area contributed by atoms with Gasteiger partial charge in [-0.3, -0.25) is 0 Å². The van der Waals surface area contributed by atoms with Crippen molar-refractivity contribution in [1.82, 2.24) is 0 Å². The Morgan fingerprint density at radius 3 is 2.22 bits per heavy atom. The van der Waals surface area contributed by atoms with Crippen LogP contribution in [0.1, 0.15) is 59.8 Å². The molecule has 0 saturated heterocycles. The molecule has 2 saturated carbocycles. The molecule has 18 heavy (non-hydrogen) atoms. The van der Waals surface area contributed by atoms with Crippen molar-refractivity contribution in [2.45, 2.75) is 65.4 Å². The lowest BCUT2D eigenvalue weighted by Gasteiger charge is -2.49. The second kappa shape index (κ2) is 5.44. The fraction of sp³-hybridized carbons (Fsp3) is 1.00. The minimum Gasteiger partial charge on any atom is -0.373 e. The molecule has 2 rings (SSSR count). The van der Waals surface area contributed by atoms with Gasteiger partial charge in [0.2, 0.25) is 0 Å². The van der Waals surface area contributed by atoms with Gasteiger partial charge in [0.1, 0.15) is 0 Å². The molecule has 0 aromatic rings. The van der Waals surface area contributed by atoms with Crippen molar-refractivity contribution in [3.63, 3.8) is 0 Å². The molecule has 1 nitrogen and oxygen atoms in total. The lowest BCUT2D eigenvalue weighted by Crippen LogP contribution is -2.53. The predicted molar refractivity (Wildman–Crippen MR) is 81.2 cm³/mol. The van der Waals surface area contributed by atoms with Crippen LogP contribution in [0, 0.1) is 23.2 Å². The Hall–Kier alpha value is 0.440. The molecule has 2 aliphatic carbocycles. The Morgan fingerprint density at radius 1 is 1.17 bits per heavy atom. The third kappa shape index (κ3) is 2.08. The summed E-state index contributed by atoms with van der Waals surface area (Å²) >= 11 is 3.78. The predicted octanol–water partition coefficient (Wildman–Crippen LogP) is 5.03. The van der Waals surface area contributed by atoms with Gasteiger partial charge in [-0.05, 0) is 42.4 Å². The van der Waals surface area contributed by atoms with E-state index < -0.39 is 0 Å². The van der Waals surface area contributed by atoms with Gasteiger partial charge in [-0.25, -0.2) is 0 Å². The molecule has 3 atom stereocenters. The van der Waals surface area contributed by atoms with Crippen LogP contribution in [0.15, 0.2) is 0 Å². The van der Waals surface area contributed by atoms with Crippen LogP contribution in [0.4, 0.5) is 0 Å². The van der Waals surface area contributed by atoms with Crippen LogP contribution in [0.2, 0.25) is 0 Å². The van der Waals surface area contributed by atoms with Crippen molar-refractivity contribution in [2.75, 3.05) is 11.9 Å². The molecule has 0 aromatic heterocycles. The summed E-state index contributed by atoms with van der Waals surface area (Å²) in [7, 11) is 0. The summed E-state index contributed by atoms with van der Waals surface area (Å²) in [6.45, 7) is 10.4. The van der Waals surface area contributed by atoms with E-state index in [1.54, 1.807) is 0 Å². The lowest BCUT2D eigenvalue weighted by atomic mass is 9.66. The molecular weight excluding hydrogens is 288 g/mol. The van der Waals surface area contributed by atoms with E-state index in [9.17, 15) is 0 Å². The van der Waals surface area contributed by atoms with Crippen LogP contribution in [-0.2, 0) is 4.74 Å². The maximum Gasteiger partial charge on any atom is 0.0860 e. The summed E-state index contributed by atoms with van der Waals surface area (Å²) < 4.78 is 6.59. The SMILES string of the molecule is CCC(CC)COC1(CBr)C2CCC(C2)C1(C)C. The average molecular weight is 317 g/mol. The van der Waals surface area contributed by atoms with Crippen LogP contribution in [0.3, 0.4) is 0 Å². The molecule has 0 heterocycles. The highest BCUT2D eigenvalue weighted by Gasteiger charge is 2.63. The van der Waals surface area contributed by atoms with Crippen molar-refractivity contribution in [3.8, 4) is 0 Å². The molecular formula is C16H29BrO. The molecule has 2 heteroatoms. The van der Waals surface area contributed by atoms with E-state index in [0.29, 0.717) is 5.41 Å². The van der Waals surface area contributed by atoms with Gasteiger partial charge in [0, 0.05) is 5.33 Å². The number of fused-ring (bicyclic) bond motifs is 2. The van der Waals surface area contributed by atoms with E-state index in [0.717, 1.165) is 29.7 Å². The van der Waals surface area contributed by atoms with Gasteiger partial charge in [-0.2, -0.15) is 0 Å². The lowest BCUT2D eigenvalue weighted by molar-refractivity contribution is -0.146. The smallest absolute Gasteiger partial charge is 0.0860 e. The van der Waals surface area contributed by atoms with Crippen LogP contribution in [-0.4, -0.2) is 17.5 Å². The first kappa shape index (κ1) is 14.8. The molecule has 106 valence electrons. The molecule has 2 bridgehead atoms. The van der Waals surface area contributed by atoms with Crippen LogP contribution in [0.25, 0.3) is 0 Å². The molecule has 0 aromatic carbocycles. The maximum absolute atomic E-state index is 6.59. The van der Waals surface area contributed by atoms with Crippen molar-refractivity contribution in [3.05, 3.63) is 0 Å². The number of halogens is 1. The van der Waals surface area contributed by atoms with Gasteiger partial charge < -0.3 is 4.74 Å². The molecule has 0 aliphatic heterocycles. The van der Waals surface area contributed by atoms with Crippen LogP contribution in [0.5, 0.6) is 0 Å². The second-order valence-electron chi connectivity index (χ2n) is 6.95. The molecule has 0 spiro atoms. The van der Waals surface area contributed by atoms with Crippen molar-refractivity contribution in [2.24, 2.45) is 23.2 Å². The zero-order chi connectivity index (χ0) is 13.4. The van der Waals surface area contributed by atoms with E-state index in [1.807, 2.05) is 0 Å². The minimum absolute atomic E-state index is 0.0957. The quantitative estimate of drug-likeness (QED) is 0.624. The summed E-state index contributed by atoms with van der Waals surface area (Å²) in [6.07, 6.45) is 6.66. The summed E-state index contributed by atoms with van der Waals surface area (Å²) in [4.78, 5) is 0. The highest BCUT2D eigenvalue weighted by Crippen LogP contribution is 2.63. The zero-order valence-electron chi connectivity index (χ0n) is 12.5. The maximum atomic E-state index is 6.59.